The van der Waals surface area contributed by atoms with Crippen LogP contribution in [0.3, 0.4) is 0 Å². The van der Waals surface area contributed by atoms with Crippen molar-refractivity contribution in [1.29, 1.82) is 5.41 Å². The molecule has 2 atom stereocenters. The molecule has 31 heavy (non-hydrogen) atoms. The minimum Gasteiger partial charge on any atom is -0.492 e. The quantitative estimate of drug-likeness (QED) is 0.365. The molecule has 3 N–H and O–H groups in total. The zero-order valence-electron chi connectivity index (χ0n) is 17.6. The first-order valence-electron chi connectivity index (χ1n) is 9.92. The Hall–Kier alpha value is -2.91. The van der Waals surface area contributed by atoms with E-state index in [1.54, 1.807) is 12.1 Å². The lowest BCUT2D eigenvalue weighted by molar-refractivity contribution is -0.141. The molecule has 1 heterocycles. The van der Waals surface area contributed by atoms with E-state index in [9.17, 15) is 13.2 Å². The molecule has 0 spiro atoms. The predicted molar refractivity (Wildman–Crippen MR) is 119 cm³/mol. The third kappa shape index (κ3) is 5.62. The number of carbonyl (C=O) groups is 1. The van der Waals surface area contributed by atoms with E-state index >= 15 is 0 Å². The van der Waals surface area contributed by atoms with Gasteiger partial charge in [0.15, 0.2) is 0 Å². The van der Waals surface area contributed by atoms with E-state index in [1.165, 1.54) is 11.4 Å². The summed E-state index contributed by atoms with van der Waals surface area (Å²) in [6.45, 7) is 0.206. The number of carbonyl (C=O) groups excluding carboxylic acids is 1. The monoisotopic (exact) mass is 445 g/mol. The zero-order valence-corrected chi connectivity index (χ0v) is 18.4. The number of hydrogen-bond donors (Lipinski definition) is 2. The maximum absolute atomic E-state index is 12.3. The van der Waals surface area contributed by atoms with E-state index < -0.39 is 22.0 Å². The van der Waals surface area contributed by atoms with E-state index in [1.807, 2.05) is 36.4 Å². The number of nitrogens with zero attached hydrogens (tertiary/aromatic N) is 1. The lowest BCUT2D eigenvalue weighted by Crippen LogP contribution is -2.44. The summed E-state index contributed by atoms with van der Waals surface area (Å²) in [6.07, 6.45) is 2.40. The van der Waals surface area contributed by atoms with Gasteiger partial charge < -0.3 is 15.2 Å². The summed E-state index contributed by atoms with van der Waals surface area (Å²) in [5.41, 5.74) is 8.13. The summed E-state index contributed by atoms with van der Waals surface area (Å²) in [4.78, 5) is 11.6. The van der Waals surface area contributed by atoms with Gasteiger partial charge in [-0.25, -0.2) is 8.42 Å². The zero-order chi connectivity index (χ0) is 22.6. The van der Waals surface area contributed by atoms with Crippen molar-refractivity contribution in [1.82, 2.24) is 4.31 Å². The Morgan fingerprint density at radius 3 is 2.13 bits per heavy atom. The minimum absolute atomic E-state index is 0.0270. The van der Waals surface area contributed by atoms with Gasteiger partial charge in [0.1, 0.15) is 18.2 Å². The van der Waals surface area contributed by atoms with Crippen LogP contribution in [0.4, 0.5) is 0 Å². The normalized spacial score (nSPS) is 19.2. The second kappa shape index (κ2) is 9.49. The SMILES string of the molecule is COC(=O)C[C@@H]1CC[C@@H](COc2ccc(-c3ccc(C(=N)N)cc3)cc2)N1S(C)(=O)=O. The van der Waals surface area contributed by atoms with Crippen LogP contribution < -0.4 is 10.5 Å². The number of hydrogen-bond acceptors (Lipinski definition) is 6. The van der Waals surface area contributed by atoms with E-state index in [4.69, 9.17) is 20.6 Å². The van der Waals surface area contributed by atoms with Gasteiger partial charge in [-0.3, -0.25) is 10.2 Å². The molecule has 1 aliphatic rings. The van der Waals surface area contributed by atoms with Crippen LogP contribution in [0.15, 0.2) is 48.5 Å². The number of nitrogen functional groups attached to an aromatic ring is 1. The standard InChI is InChI=1S/C22H27N3O5S/c1-29-21(26)13-18-9-10-19(25(18)31(2,27)28)14-30-20-11-7-16(8-12-20)15-3-5-17(6-4-15)22(23)24/h3-8,11-12,18-19H,9-10,13-14H2,1-2H3,(H3,23,24)/t18-,19-/m0/s1. The van der Waals surface area contributed by atoms with E-state index in [-0.39, 0.29) is 24.9 Å². The molecular formula is C22H27N3O5S. The molecule has 1 saturated heterocycles. The van der Waals surface area contributed by atoms with Crippen LogP contribution in [-0.4, -0.2) is 56.6 Å². The first-order chi connectivity index (χ1) is 14.7. The van der Waals surface area contributed by atoms with Crippen LogP contribution >= 0.6 is 0 Å². The van der Waals surface area contributed by atoms with Crippen molar-refractivity contribution in [3.8, 4) is 16.9 Å². The van der Waals surface area contributed by atoms with Crippen LogP contribution in [0.5, 0.6) is 5.75 Å². The second-order valence-electron chi connectivity index (χ2n) is 7.58. The molecule has 0 bridgehead atoms. The van der Waals surface area contributed by atoms with Crippen molar-refractivity contribution in [2.45, 2.75) is 31.3 Å². The Balaban J connectivity index is 1.65. The molecular weight excluding hydrogens is 418 g/mol. The largest absolute Gasteiger partial charge is 0.492 e. The molecule has 9 heteroatoms. The fourth-order valence-corrected chi connectivity index (χ4v) is 5.31. The number of esters is 1. The summed E-state index contributed by atoms with van der Waals surface area (Å²) >= 11 is 0. The van der Waals surface area contributed by atoms with E-state index in [2.05, 4.69) is 0 Å². The van der Waals surface area contributed by atoms with Crippen LogP contribution in [0, 0.1) is 5.41 Å². The molecule has 1 aliphatic heterocycles. The van der Waals surface area contributed by atoms with Crippen LogP contribution in [0.25, 0.3) is 11.1 Å². The van der Waals surface area contributed by atoms with Crippen molar-refractivity contribution in [2.24, 2.45) is 5.73 Å². The summed E-state index contributed by atoms with van der Waals surface area (Å²) in [6, 6.07) is 14.2. The fraction of sp³-hybridized carbons (Fsp3) is 0.364. The number of nitrogens with one attached hydrogen (secondary N) is 1. The highest BCUT2D eigenvalue weighted by Gasteiger charge is 2.40. The van der Waals surface area contributed by atoms with Crippen molar-refractivity contribution in [3.05, 3.63) is 54.1 Å². The van der Waals surface area contributed by atoms with Gasteiger partial charge in [-0.05, 0) is 36.1 Å². The van der Waals surface area contributed by atoms with Crippen molar-refractivity contribution < 1.29 is 22.7 Å². The van der Waals surface area contributed by atoms with E-state index in [0.29, 0.717) is 24.2 Å². The number of benzene rings is 2. The Morgan fingerprint density at radius 1 is 1.06 bits per heavy atom. The van der Waals surface area contributed by atoms with Crippen LogP contribution in [0.1, 0.15) is 24.8 Å². The number of ether oxygens (including phenoxy) is 2. The maximum atomic E-state index is 12.3. The second-order valence-corrected chi connectivity index (χ2v) is 9.47. The minimum atomic E-state index is -3.49. The molecule has 0 aromatic heterocycles. The number of rotatable bonds is 8. The van der Waals surface area contributed by atoms with Crippen molar-refractivity contribution >= 4 is 21.8 Å². The molecule has 2 aromatic carbocycles. The van der Waals surface area contributed by atoms with Gasteiger partial charge >= 0.3 is 5.97 Å². The topological polar surface area (TPSA) is 123 Å². The highest BCUT2D eigenvalue weighted by Crippen LogP contribution is 2.30. The van der Waals surface area contributed by atoms with Crippen LogP contribution in [0.2, 0.25) is 0 Å². The molecule has 0 aliphatic carbocycles. The highest BCUT2D eigenvalue weighted by atomic mass is 32.2. The fourth-order valence-electron chi connectivity index (χ4n) is 3.88. The molecule has 8 nitrogen and oxygen atoms in total. The third-order valence-corrected chi connectivity index (χ3v) is 6.75. The molecule has 3 rings (SSSR count). The molecule has 0 unspecified atom stereocenters. The number of sulfonamides is 1. The van der Waals surface area contributed by atoms with Gasteiger partial charge in [0, 0.05) is 11.6 Å². The number of methoxy groups -OCH3 is 1. The first-order valence-corrected chi connectivity index (χ1v) is 11.8. The molecule has 166 valence electrons. The summed E-state index contributed by atoms with van der Waals surface area (Å²) in [5, 5.41) is 7.46. The van der Waals surface area contributed by atoms with Crippen LogP contribution in [-0.2, 0) is 19.6 Å². The Labute approximate surface area is 182 Å². The smallest absolute Gasteiger partial charge is 0.307 e. The van der Waals surface area contributed by atoms with Gasteiger partial charge in [-0.2, -0.15) is 4.31 Å². The van der Waals surface area contributed by atoms with Gasteiger partial charge in [0.05, 0.1) is 25.8 Å². The Kier molecular flexibility index (Phi) is 6.97. The van der Waals surface area contributed by atoms with E-state index in [0.717, 1.165) is 17.4 Å². The van der Waals surface area contributed by atoms with Gasteiger partial charge in [0.2, 0.25) is 10.0 Å². The van der Waals surface area contributed by atoms with Crippen molar-refractivity contribution in [2.75, 3.05) is 20.0 Å². The Morgan fingerprint density at radius 2 is 1.61 bits per heavy atom. The highest BCUT2D eigenvalue weighted by molar-refractivity contribution is 7.88. The summed E-state index contributed by atoms with van der Waals surface area (Å²) in [5.74, 6) is 0.236. The molecule has 0 saturated carbocycles. The molecule has 0 radical (unpaired) electrons. The lowest BCUT2D eigenvalue weighted by Gasteiger charge is -2.27. The average molecular weight is 446 g/mol. The number of nitrogens with two attached hydrogens (primary N) is 1. The first kappa shape index (κ1) is 22.8. The average Bonchev–Trinajstić information content (AvgIpc) is 3.15. The molecule has 0 amide bonds. The van der Waals surface area contributed by atoms with Gasteiger partial charge in [-0.15, -0.1) is 0 Å². The molecule has 1 fully saturated rings. The van der Waals surface area contributed by atoms with Gasteiger partial charge in [0.25, 0.3) is 0 Å². The number of amidine groups is 1. The third-order valence-electron chi connectivity index (χ3n) is 5.39. The lowest BCUT2D eigenvalue weighted by atomic mass is 10.0. The summed E-state index contributed by atoms with van der Waals surface area (Å²) < 4.78 is 36.5. The van der Waals surface area contributed by atoms with Crippen molar-refractivity contribution in [3.63, 3.8) is 0 Å². The predicted octanol–water partition coefficient (Wildman–Crippen LogP) is 2.37. The molecule has 2 aromatic rings. The maximum Gasteiger partial charge on any atom is 0.307 e. The Bertz CT molecular complexity index is 1040. The van der Waals surface area contributed by atoms with Gasteiger partial charge in [-0.1, -0.05) is 36.4 Å². The summed E-state index contributed by atoms with van der Waals surface area (Å²) in [7, 11) is -2.19.